The lowest BCUT2D eigenvalue weighted by atomic mass is 10.2. The molecule has 0 saturated heterocycles. The van der Waals surface area contributed by atoms with Crippen LogP contribution in [0, 0.1) is 11.6 Å². The van der Waals surface area contributed by atoms with E-state index in [0.717, 1.165) is 17.4 Å². The standard InChI is InChI=1S/C43H63F2NO12SSi/c1-42(2,3)57-41(47)46(20-21-50-22-23-51-24-25-52-26-27-56-59(7,48)49)29-38(58-60(8,9)43(4,5)6)32-53-37-18-19-39(54-30-33-10-14-35(44)15-11-33)40(28-37)55-31-34-12-16-36(45)17-13-34/h10-19,28,38H,20-27,29-32H2,1-9H3/t38-/m1/s1. The maximum absolute atomic E-state index is 13.6. The van der Waals surface area contributed by atoms with E-state index in [0.29, 0.717) is 17.2 Å². The van der Waals surface area contributed by atoms with E-state index >= 15 is 0 Å². The van der Waals surface area contributed by atoms with E-state index in [1.165, 1.54) is 24.3 Å². The van der Waals surface area contributed by atoms with Crippen molar-refractivity contribution in [2.45, 2.75) is 84.6 Å². The first-order valence-corrected chi connectivity index (χ1v) is 24.6. The highest BCUT2D eigenvalue weighted by molar-refractivity contribution is 7.85. The summed E-state index contributed by atoms with van der Waals surface area (Å²) in [5, 5.41) is -0.148. The average molecular weight is 884 g/mol. The lowest BCUT2D eigenvalue weighted by Crippen LogP contribution is -2.51. The molecule has 0 N–H and O–H groups in total. The number of hydrogen-bond acceptors (Lipinski definition) is 12. The molecule has 0 aliphatic carbocycles. The molecule has 0 heterocycles. The lowest BCUT2D eigenvalue weighted by molar-refractivity contribution is -0.00795. The first kappa shape index (κ1) is 50.5. The predicted octanol–water partition coefficient (Wildman–Crippen LogP) is 8.16. The summed E-state index contributed by atoms with van der Waals surface area (Å²) in [4.78, 5) is 15.1. The van der Waals surface area contributed by atoms with Gasteiger partial charge in [-0.25, -0.2) is 13.6 Å². The first-order valence-electron chi connectivity index (χ1n) is 19.8. The smallest absolute Gasteiger partial charge is 0.410 e. The third-order valence-electron chi connectivity index (χ3n) is 9.08. The molecule has 1 amide bonds. The van der Waals surface area contributed by atoms with Crippen LogP contribution in [0.4, 0.5) is 13.6 Å². The van der Waals surface area contributed by atoms with Gasteiger partial charge in [0, 0.05) is 12.6 Å². The third kappa shape index (κ3) is 20.1. The maximum atomic E-state index is 13.6. The number of rotatable bonds is 26. The Morgan fingerprint density at radius 2 is 1.20 bits per heavy atom. The highest BCUT2D eigenvalue weighted by Crippen LogP contribution is 2.38. The van der Waals surface area contributed by atoms with Gasteiger partial charge in [-0.15, -0.1) is 0 Å². The fraction of sp³-hybridized carbons (Fsp3) is 0.558. The molecule has 0 bridgehead atoms. The van der Waals surface area contributed by atoms with Crippen LogP contribution in [-0.2, 0) is 50.9 Å². The molecule has 0 aliphatic heterocycles. The average Bonchev–Trinajstić information content (AvgIpc) is 3.15. The van der Waals surface area contributed by atoms with Gasteiger partial charge in [-0.3, -0.25) is 4.18 Å². The van der Waals surface area contributed by atoms with Gasteiger partial charge < -0.3 is 42.5 Å². The second-order valence-electron chi connectivity index (χ2n) is 16.5. The highest BCUT2D eigenvalue weighted by Gasteiger charge is 2.40. The maximum Gasteiger partial charge on any atom is 0.410 e. The zero-order valence-corrected chi connectivity index (χ0v) is 38.2. The Hall–Kier alpha value is -3.84. The highest BCUT2D eigenvalue weighted by atomic mass is 32.2. The lowest BCUT2D eigenvalue weighted by Gasteiger charge is -2.40. The molecule has 0 unspecified atom stereocenters. The van der Waals surface area contributed by atoms with E-state index in [1.807, 2.05) is 0 Å². The van der Waals surface area contributed by atoms with Crippen LogP contribution in [0.1, 0.15) is 52.7 Å². The van der Waals surface area contributed by atoms with Crippen molar-refractivity contribution >= 4 is 24.5 Å². The molecule has 1 atom stereocenters. The van der Waals surface area contributed by atoms with Gasteiger partial charge in [0.05, 0.1) is 65.2 Å². The fourth-order valence-electron chi connectivity index (χ4n) is 4.99. The van der Waals surface area contributed by atoms with Gasteiger partial charge in [-0.2, -0.15) is 8.42 Å². The number of amides is 1. The van der Waals surface area contributed by atoms with Crippen molar-refractivity contribution in [1.29, 1.82) is 0 Å². The Labute approximate surface area is 355 Å². The summed E-state index contributed by atoms with van der Waals surface area (Å²) in [6.45, 7) is 18.1. The summed E-state index contributed by atoms with van der Waals surface area (Å²) in [5.41, 5.74) is 0.759. The first-order chi connectivity index (χ1) is 28.1. The van der Waals surface area contributed by atoms with Crippen molar-refractivity contribution in [3.8, 4) is 17.2 Å². The molecule has 13 nitrogen and oxygen atoms in total. The second kappa shape index (κ2) is 24.0. The van der Waals surface area contributed by atoms with E-state index in [2.05, 4.69) is 38.0 Å². The number of ether oxygens (including phenoxy) is 7. The van der Waals surface area contributed by atoms with Crippen LogP contribution in [0.5, 0.6) is 17.2 Å². The fourth-order valence-corrected chi connectivity index (χ4v) is 6.69. The second-order valence-corrected chi connectivity index (χ2v) is 22.9. The van der Waals surface area contributed by atoms with Gasteiger partial charge in [0.25, 0.3) is 10.1 Å². The molecule has 3 rings (SSSR count). The molecule has 0 aromatic heterocycles. The summed E-state index contributed by atoms with van der Waals surface area (Å²) < 4.78 is 102. The normalized spacial score (nSPS) is 12.8. The molecule has 0 aliphatic rings. The largest absolute Gasteiger partial charge is 0.491 e. The van der Waals surface area contributed by atoms with Crippen LogP contribution in [0.3, 0.4) is 0 Å². The molecule has 0 radical (unpaired) electrons. The molecule has 0 spiro atoms. The number of carbonyl (C=O) groups is 1. The monoisotopic (exact) mass is 883 g/mol. The van der Waals surface area contributed by atoms with Crippen LogP contribution in [0.15, 0.2) is 66.7 Å². The number of carbonyl (C=O) groups excluding carboxylic acids is 1. The molecule has 60 heavy (non-hydrogen) atoms. The van der Waals surface area contributed by atoms with Crippen molar-refractivity contribution in [2.75, 3.05) is 72.2 Å². The summed E-state index contributed by atoms with van der Waals surface area (Å²) in [5.74, 6) is 0.565. The van der Waals surface area contributed by atoms with Gasteiger partial charge >= 0.3 is 6.09 Å². The van der Waals surface area contributed by atoms with E-state index in [9.17, 15) is 22.0 Å². The summed E-state index contributed by atoms with van der Waals surface area (Å²) in [6.07, 6.45) is -0.116. The van der Waals surface area contributed by atoms with Crippen molar-refractivity contribution < 1.29 is 63.8 Å². The van der Waals surface area contributed by atoms with Gasteiger partial charge in [0.2, 0.25) is 0 Å². The minimum absolute atomic E-state index is 0.0659. The number of benzene rings is 3. The predicted molar refractivity (Wildman–Crippen MR) is 227 cm³/mol. The Morgan fingerprint density at radius 1 is 0.700 bits per heavy atom. The summed E-state index contributed by atoms with van der Waals surface area (Å²) >= 11 is 0. The van der Waals surface area contributed by atoms with Crippen LogP contribution in [0.25, 0.3) is 0 Å². The zero-order chi connectivity index (χ0) is 44.4. The summed E-state index contributed by atoms with van der Waals surface area (Å²) in [7, 11) is -5.91. The van der Waals surface area contributed by atoms with E-state index in [4.69, 9.17) is 37.6 Å². The van der Waals surface area contributed by atoms with Crippen LogP contribution in [0.2, 0.25) is 18.1 Å². The SMILES string of the molecule is CC(C)(C)OC(=O)N(CCOCCOCCOCCOS(C)(=O)=O)C[C@H](COc1ccc(OCc2ccc(F)cc2)c(OCc2ccc(F)cc2)c1)O[Si](C)(C)C(C)(C)C. The van der Waals surface area contributed by atoms with Crippen molar-refractivity contribution in [1.82, 2.24) is 4.90 Å². The molecule has 3 aromatic rings. The van der Waals surface area contributed by atoms with Crippen LogP contribution < -0.4 is 14.2 Å². The Bertz CT molecular complexity index is 1840. The van der Waals surface area contributed by atoms with Crippen molar-refractivity contribution in [2.24, 2.45) is 0 Å². The molecular weight excluding hydrogens is 821 g/mol. The molecular formula is C43H63F2NO12SSi. The van der Waals surface area contributed by atoms with Crippen LogP contribution in [-0.4, -0.2) is 112 Å². The van der Waals surface area contributed by atoms with E-state index in [-0.39, 0.29) is 95.8 Å². The van der Waals surface area contributed by atoms with Gasteiger partial charge in [-0.05, 0) is 86.4 Å². The van der Waals surface area contributed by atoms with Crippen LogP contribution >= 0.6 is 0 Å². The number of hydrogen-bond donors (Lipinski definition) is 0. The number of nitrogens with zero attached hydrogens (tertiary/aromatic N) is 1. The molecule has 3 aromatic carbocycles. The van der Waals surface area contributed by atoms with E-state index in [1.54, 1.807) is 68.1 Å². The van der Waals surface area contributed by atoms with Gasteiger partial charge in [0.1, 0.15) is 42.8 Å². The Balaban J connectivity index is 1.71. The Morgan fingerprint density at radius 3 is 1.70 bits per heavy atom. The minimum atomic E-state index is -3.51. The molecule has 336 valence electrons. The summed E-state index contributed by atoms with van der Waals surface area (Å²) in [6, 6.07) is 17.2. The van der Waals surface area contributed by atoms with Crippen molar-refractivity contribution in [3.05, 3.63) is 89.5 Å². The zero-order valence-electron chi connectivity index (χ0n) is 36.4. The Kier molecular flexibility index (Phi) is 20.2. The molecule has 17 heteroatoms. The minimum Gasteiger partial charge on any atom is -0.491 e. The van der Waals surface area contributed by atoms with E-state index < -0.39 is 36.2 Å². The number of halogens is 2. The topological polar surface area (TPSA) is 138 Å². The van der Waals surface area contributed by atoms with Gasteiger partial charge in [-0.1, -0.05) is 45.0 Å². The van der Waals surface area contributed by atoms with Crippen molar-refractivity contribution in [3.63, 3.8) is 0 Å². The van der Waals surface area contributed by atoms with Gasteiger partial charge in [0.15, 0.2) is 19.8 Å². The quantitative estimate of drug-likeness (QED) is 0.0437. The third-order valence-corrected chi connectivity index (χ3v) is 14.2. The molecule has 0 saturated carbocycles. The molecule has 0 fully saturated rings.